The highest BCUT2D eigenvalue weighted by Gasteiger charge is 2.16. The molecule has 0 unspecified atom stereocenters. The molecular weight excluding hydrogens is 340 g/mol. The Bertz CT molecular complexity index is 822. The lowest BCUT2D eigenvalue weighted by atomic mass is 10.1. The van der Waals surface area contributed by atoms with Crippen molar-refractivity contribution in [2.75, 3.05) is 0 Å². The van der Waals surface area contributed by atoms with Gasteiger partial charge in [0.15, 0.2) is 6.10 Å². The minimum Gasteiger partial charge on any atom is -0.449 e. The van der Waals surface area contributed by atoms with Crippen LogP contribution in [0.2, 0.25) is 0 Å². The zero-order valence-electron chi connectivity index (χ0n) is 14.3. The van der Waals surface area contributed by atoms with Gasteiger partial charge in [0.2, 0.25) is 0 Å². The third kappa shape index (κ3) is 5.59. The van der Waals surface area contributed by atoms with Crippen LogP contribution in [0.25, 0.3) is 6.08 Å². The molecule has 0 aliphatic carbocycles. The van der Waals surface area contributed by atoms with Gasteiger partial charge in [-0.3, -0.25) is 14.9 Å². The van der Waals surface area contributed by atoms with E-state index in [2.05, 4.69) is 5.32 Å². The molecule has 0 aliphatic heterocycles. The van der Waals surface area contributed by atoms with Crippen LogP contribution in [0.5, 0.6) is 0 Å². The summed E-state index contributed by atoms with van der Waals surface area (Å²) in [5.41, 5.74) is 2.05. The van der Waals surface area contributed by atoms with Gasteiger partial charge in [0, 0.05) is 12.6 Å². The molecule has 1 amide bonds. The lowest BCUT2D eigenvalue weighted by Gasteiger charge is -2.12. The standard InChI is InChI=1S/C18H18N2O6/c1-12-3-5-14(6-4-12)11-19-18(22)13(2)25-17(21)10-8-15-7-9-16(26-15)20(23)24/h3-10,13H,11H2,1-2H3,(H,19,22)/b10-8+/t13-/m1/s1. The number of hydrogen-bond acceptors (Lipinski definition) is 6. The number of hydrogen-bond donors (Lipinski definition) is 1. The zero-order valence-corrected chi connectivity index (χ0v) is 14.3. The number of aryl methyl sites for hydroxylation is 1. The molecule has 8 nitrogen and oxygen atoms in total. The van der Waals surface area contributed by atoms with Crippen LogP contribution in [0, 0.1) is 17.0 Å². The molecule has 8 heteroatoms. The maximum absolute atomic E-state index is 12.0. The average molecular weight is 358 g/mol. The van der Waals surface area contributed by atoms with E-state index < -0.39 is 28.8 Å². The first-order valence-corrected chi connectivity index (χ1v) is 7.81. The number of rotatable bonds is 7. The van der Waals surface area contributed by atoms with Gasteiger partial charge in [0.05, 0.1) is 6.07 Å². The average Bonchev–Trinajstić information content (AvgIpc) is 3.08. The van der Waals surface area contributed by atoms with E-state index in [0.717, 1.165) is 17.2 Å². The normalized spacial score (nSPS) is 11.9. The van der Waals surface area contributed by atoms with Crippen molar-refractivity contribution < 1.29 is 23.7 Å². The second-order valence-corrected chi connectivity index (χ2v) is 5.55. The predicted octanol–water partition coefficient (Wildman–Crippen LogP) is 2.76. The molecule has 2 aromatic rings. The molecule has 1 aromatic heterocycles. The smallest absolute Gasteiger partial charge is 0.433 e. The summed E-state index contributed by atoms with van der Waals surface area (Å²) < 4.78 is 9.85. The third-order valence-corrected chi connectivity index (χ3v) is 3.43. The Balaban J connectivity index is 1.81. The molecular formula is C18H18N2O6. The van der Waals surface area contributed by atoms with Crippen LogP contribution in [0.15, 0.2) is 46.9 Å². The van der Waals surface area contributed by atoms with Crippen molar-refractivity contribution in [3.8, 4) is 0 Å². The third-order valence-electron chi connectivity index (χ3n) is 3.43. The van der Waals surface area contributed by atoms with Gasteiger partial charge < -0.3 is 14.5 Å². The number of esters is 1. The number of carbonyl (C=O) groups excluding carboxylic acids is 2. The maximum Gasteiger partial charge on any atom is 0.433 e. The summed E-state index contributed by atoms with van der Waals surface area (Å²) in [7, 11) is 0. The molecule has 1 atom stereocenters. The molecule has 0 radical (unpaired) electrons. The number of nitrogens with one attached hydrogen (secondary N) is 1. The van der Waals surface area contributed by atoms with Crippen LogP contribution >= 0.6 is 0 Å². The second kappa shape index (κ2) is 8.61. The van der Waals surface area contributed by atoms with E-state index in [0.29, 0.717) is 6.54 Å². The van der Waals surface area contributed by atoms with Crippen molar-refractivity contribution in [3.05, 3.63) is 69.5 Å². The number of furan rings is 1. The highest BCUT2D eigenvalue weighted by molar-refractivity contribution is 5.90. The van der Waals surface area contributed by atoms with Crippen molar-refractivity contribution in [2.24, 2.45) is 0 Å². The number of nitrogens with zero attached hydrogens (tertiary/aromatic N) is 1. The van der Waals surface area contributed by atoms with Crippen molar-refractivity contribution in [3.63, 3.8) is 0 Å². The van der Waals surface area contributed by atoms with Crippen LogP contribution in [0.4, 0.5) is 5.88 Å². The monoisotopic (exact) mass is 358 g/mol. The van der Waals surface area contributed by atoms with Gasteiger partial charge in [-0.25, -0.2) is 4.79 Å². The maximum atomic E-state index is 12.0. The minimum absolute atomic E-state index is 0.130. The topological polar surface area (TPSA) is 112 Å². The lowest BCUT2D eigenvalue weighted by Crippen LogP contribution is -2.35. The first-order valence-electron chi connectivity index (χ1n) is 7.81. The largest absolute Gasteiger partial charge is 0.449 e. The zero-order chi connectivity index (χ0) is 19.1. The van der Waals surface area contributed by atoms with E-state index in [1.54, 1.807) is 0 Å². The van der Waals surface area contributed by atoms with Crippen molar-refractivity contribution in [1.82, 2.24) is 5.32 Å². The summed E-state index contributed by atoms with van der Waals surface area (Å²) >= 11 is 0. The summed E-state index contributed by atoms with van der Waals surface area (Å²) in [6, 6.07) is 10.2. The molecule has 0 spiro atoms. The van der Waals surface area contributed by atoms with E-state index >= 15 is 0 Å². The molecule has 26 heavy (non-hydrogen) atoms. The molecule has 1 aromatic carbocycles. The van der Waals surface area contributed by atoms with Gasteiger partial charge in [0.25, 0.3) is 5.91 Å². The fourth-order valence-electron chi connectivity index (χ4n) is 1.99. The summed E-state index contributed by atoms with van der Waals surface area (Å²) in [5.74, 6) is -1.49. The first-order chi connectivity index (χ1) is 12.3. The summed E-state index contributed by atoms with van der Waals surface area (Å²) in [4.78, 5) is 33.5. The first kappa shape index (κ1) is 18.9. The van der Waals surface area contributed by atoms with Crippen molar-refractivity contribution in [1.29, 1.82) is 0 Å². The molecule has 0 saturated carbocycles. The van der Waals surface area contributed by atoms with E-state index in [1.807, 2.05) is 31.2 Å². The highest BCUT2D eigenvalue weighted by Crippen LogP contribution is 2.16. The Hall–Kier alpha value is -3.42. The van der Waals surface area contributed by atoms with Crippen LogP contribution in [-0.2, 0) is 20.9 Å². The highest BCUT2D eigenvalue weighted by atomic mass is 16.6. The molecule has 0 aliphatic rings. The molecule has 1 N–H and O–H groups in total. The van der Waals surface area contributed by atoms with Gasteiger partial charge in [-0.05, 0) is 31.6 Å². The Kier molecular flexibility index (Phi) is 6.26. The second-order valence-electron chi connectivity index (χ2n) is 5.55. The number of ether oxygens (including phenoxy) is 1. The molecule has 0 bridgehead atoms. The van der Waals surface area contributed by atoms with E-state index in [4.69, 9.17) is 9.15 Å². The number of benzene rings is 1. The fraction of sp³-hybridized carbons (Fsp3) is 0.222. The lowest BCUT2D eigenvalue weighted by molar-refractivity contribution is -0.402. The molecule has 0 saturated heterocycles. The Morgan fingerprint density at radius 2 is 1.96 bits per heavy atom. The molecule has 0 fully saturated rings. The van der Waals surface area contributed by atoms with Gasteiger partial charge in [-0.1, -0.05) is 29.8 Å². The Morgan fingerprint density at radius 1 is 1.27 bits per heavy atom. The molecule has 2 rings (SSSR count). The van der Waals surface area contributed by atoms with Crippen molar-refractivity contribution in [2.45, 2.75) is 26.5 Å². The summed E-state index contributed by atoms with van der Waals surface area (Å²) in [6.07, 6.45) is 1.28. The van der Waals surface area contributed by atoms with Crippen molar-refractivity contribution >= 4 is 23.8 Å². The molecule has 1 heterocycles. The fourth-order valence-corrected chi connectivity index (χ4v) is 1.99. The number of nitro groups is 1. The quantitative estimate of drug-likeness (QED) is 0.352. The predicted molar refractivity (Wildman–Crippen MR) is 93.0 cm³/mol. The van der Waals surface area contributed by atoms with Gasteiger partial charge in [-0.15, -0.1) is 0 Å². The Morgan fingerprint density at radius 3 is 2.58 bits per heavy atom. The SMILES string of the molecule is Cc1ccc(CNC(=O)[C@@H](C)OC(=O)/C=C/c2ccc([N+](=O)[O-])o2)cc1. The van der Waals surface area contributed by atoms with E-state index in [1.165, 1.54) is 25.1 Å². The van der Waals surface area contributed by atoms with E-state index in [-0.39, 0.29) is 5.76 Å². The number of amides is 1. The van der Waals surface area contributed by atoms with Gasteiger partial charge >= 0.3 is 11.9 Å². The molecule has 136 valence electrons. The van der Waals surface area contributed by atoms with Crippen LogP contribution < -0.4 is 5.32 Å². The summed E-state index contributed by atoms with van der Waals surface area (Å²) in [6.45, 7) is 3.75. The van der Waals surface area contributed by atoms with Crippen LogP contribution in [-0.4, -0.2) is 22.9 Å². The number of carbonyl (C=O) groups is 2. The van der Waals surface area contributed by atoms with Crippen LogP contribution in [0.3, 0.4) is 0 Å². The minimum atomic E-state index is -0.983. The Labute approximate surface area is 149 Å². The van der Waals surface area contributed by atoms with Gasteiger partial charge in [-0.2, -0.15) is 0 Å². The summed E-state index contributed by atoms with van der Waals surface area (Å²) in [5, 5.41) is 13.2. The van der Waals surface area contributed by atoms with Gasteiger partial charge in [0.1, 0.15) is 10.7 Å². The van der Waals surface area contributed by atoms with E-state index in [9.17, 15) is 19.7 Å². The van der Waals surface area contributed by atoms with Crippen LogP contribution in [0.1, 0.15) is 23.8 Å².